The topological polar surface area (TPSA) is 36.0 Å². The highest BCUT2D eigenvalue weighted by atomic mass is 16.6. The maximum absolute atomic E-state index is 12.1. The molecule has 0 aromatic carbocycles. The maximum atomic E-state index is 12.1. The zero-order valence-corrected chi connectivity index (χ0v) is 14.8. The summed E-state index contributed by atoms with van der Waals surface area (Å²) in [5.41, 5.74) is -0.397. The van der Waals surface area contributed by atoms with E-state index in [1.165, 1.54) is 39.1 Å². The summed E-state index contributed by atoms with van der Waals surface area (Å²) in [5.74, 6) is 0.724. The van der Waals surface area contributed by atoms with E-state index in [0.717, 1.165) is 31.8 Å². The van der Waals surface area contributed by atoms with Gasteiger partial charge < -0.3 is 19.4 Å². The molecule has 2 aliphatic rings. The van der Waals surface area contributed by atoms with E-state index in [-0.39, 0.29) is 6.09 Å². The number of rotatable bonds is 2. The molecule has 2 heterocycles. The van der Waals surface area contributed by atoms with E-state index in [9.17, 15) is 4.79 Å². The fourth-order valence-electron chi connectivity index (χ4n) is 3.27. The number of amides is 1. The molecule has 128 valence electrons. The smallest absolute Gasteiger partial charge is 0.410 e. The third kappa shape index (κ3) is 5.76. The predicted octanol–water partition coefficient (Wildman–Crippen LogP) is 2.27. The standard InChI is InChI=1S/C17H33N3O2/c1-17(2,3)22-16(21)20-10-6-15(7-11-20)14-19-9-5-8-18(4)12-13-19/h15H,5-14H2,1-4H3. The first-order valence-electron chi connectivity index (χ1n) is 8.72. The zero-order chi connectivity index (χ0) is 16.2. The van der Waals surface area contributed by atoms with Crippen LogP contribution in [0.4, 0.5) is 4.79 Å². The van der Waals surface area contributed by atoms with Crippen molar-refractivity contribution in [3.05, 3.63) is 0 Å². The summed E-state index contributed by atoms with van der Waals surface area (Å²) in [4.78, 5) is 19.0. The van der Waals surface area contributed by atoms with Crippen molar-refractivity contribution in [3.8, 4) is 0 Å². The van der Waals surface area contributed by atoms with Gasteiger partial charge in [-0.2, -0.15) is 0 Å². The van der Waals surface area contributed by atoms with Gasteiger partial charge in [0.1, 0.15) is 5.60 Å². The van der Waals surface area contributed by atoms with Crippen molar-refractivity contribution in [3.63, 3.8) is 0 Å². The molecule has 0 spiro atoms. The second-order valence-corrected chi connectivity index (χ2v) is 7.87. The van der Waals surface area contributed by atoms with Crippen molar-refractivity contribution in [1.29, 1.82) is 0 Å². The lowest BCUT2D eigenvalue weighted by Crippen LogP contribution is -2.44. The van der Waals surface area contributed by atoms with Gasteiger partial charge in [0.05, 0.1) is 0 Å². The van der Waals surface area contributed by atoms with Crippen LogP contribution in [0.5, 0.6) is 0 Å². The molecule has 5 heteroatoms. The average Bonchev–Trinajstić information content (AvgIpc) is 2.63. The van der Waals surface area contributed by atoms with Crippen LogP contribution in [0.2, 0.25) is 0 Å². The Kier molecular flexibility index (Phi) is 6.09. The quantitative estimate of drug-likeness (QED) is 0.784. The summed E-state index contributed by atoms with van der Waals surface area (Å²) >= 11 is 0. The van der Waals surface area contributed by atoms with E-state index in [4.69, 9.17) is 4.74 Å². The van der Waals surface area contributed by atoms with Crippen LogP contribution in [0.3, 0.4) is 0 Å². The molecule has 2 fully saturated rings. The Morgan fingerprint density at radius 1 is 1.05 bits per heavy atom. The molecule has 22 heavy (non-hydrogen) atoms. The molecule has 0 unspecified atom stereocenters. The molecule has 0 bridgehead atoms. The van der Waals surface area contributed by atoms with Crippen molar-refractivity contribution in [2.75, 3.05) is 52.9 Å². The largest absolute Gasteiger partial charge is 0.444 e. The summed E-state index contributed by atoms with van der Waals surface area (Å²) in [6.07, 6.45) is 3.33. The Morgan fingerprint density at radius 2 is 1.73 bits per heavy atom. The van der Waals surface area contributed by atoms with Gasteiger partial charge in [0.25, 0.3) is 0 Å². The first-order valence-corrected chi connectivity index (χ1v) is 8.72. The number of carbonyl (C=O) groups excluding carboxylic acids is 1. The Bertz CT molecular complexity index is 359. The number of likely N-dealkylation sites (tertiary alicyclic amines) is 1. The van der Waals surface area contributed by atoms with E-state index >= 15 is 0 Å². The van der Waals surface area contributed by atoms with Crippen molar-refractivity contribution in [1.82, 2.24) is 14.7 Å². The number of piperidine rings is 1. The van der Waals surface area contributed by atoms with Crippen LogP contribution < -0.4 is 0 Å². The highest BCUT2D eigenvalue weighted by molar-refractivity contribution is 5.68. The number of likely N-dealkylation sites (N-methyl/N-ethyl adjacent to an activating group) is 1. The van der Waals surface area contributed by atoms with Crippen LogP contribution in [0.25, 0.3) is 0 Å². The lowest BCUT2D eigenvalue weighted by atomic mass is 9.96. The lowest BCUT2D eigenvalue weighted by molar-refractivity contribution is 0.0170. The van der Waals surface area contributed by atoms with Crippen LogP contribution in [0.15, 0.2) is 0 Å². The van der Waals surface area contributed by atoms with Gasteiger partial charge in [-0.05, 0) is 66.1 Å². The summed E-state index contributed by atoms with van der Waals surface area (Å²) in [5, 5.41) is 0. The van der Waals surface area contributed by atoms with Gasteiger partial charge in [-0.25, -0.2) is 4.79 Å². The molecular formula is C17H33N3O2. The Labute approximate surface area is 135 Å². The number of carbonyl (C=O) groups is 1. The van der Waals surface area contributed by atoms with Crippen LogP contribution in [0, 0.1) is 5.92 Å². The normalized spacial score (nSPS) is 23.4. The Hall–Kier alpha value is -0.810. The van der Waals surface area contributed by atoms with E-state index in [2.05, 4.69) is 16.8 Å². The van der Waals surface area contributed by atoms with Crippen molar-refractivity contribution in [2.45, 2.75) is 45.6 Å². The van der Waals surface area contributed by atoms with Gasteiger partial charge in [0.15, 0.2) is 0 Å². The van der Waals surface area contributed by atoms with Crippen molar-refractivity contribution < 1.29 is 9.53 Å². The number of hydrogen-bond acceptors (Lipinski definition) is 4. The highest BCUT2D eigenvalue weighted by Gasteiger charge is 2.27. The third-order valence-corrected chi connectivity index (χ3v) is 4.59. The maximum Gasteiger partial charge on any atom is 0.410 e. The second kappa shape index (κ2) is 7.64. The van der Waals surface area contributed by atoms with Crippen LogP contribution in [0.1, 0.15) is 40.0 Å². The summed E-state index contributed by atoms with van der Waals surface area (Å²) < 4.78 is 5.46. The predicted molar refractivity (Wildman–Crippen MR) is 89.1 cm³/mol. The van der Waals surface area contributed by atoms with E-state index in [1.807, 2.05) is 25.7 Å². The molecule has 0 saturated carbocycles. The van der Waals surface area contributed by atoms with Crippen molar-refractivity contribution in [2.24, 2.45) is 5.92 Å². The SMILES string of the molecule is CN1CCCN(CC2CCN(C(=O)OC(C)(C)C)CC2)CC1. The Balaban J connectivity index is 1.71. The van der Waals surface area contributed by atoms with Crippen LogP contribution in [-0.4, -0.2) is 79.3 Å². The van der Waals surface area contributed by atoms with E-state index < -0.39 is 5.60 Å². The monoisotopic (exact) mass is 311 g/mol. The van der Waals surface area contributed by atoms with Gasteiger partial charge in [0.2, 0.25) is 0 Å². The third-order valence-electron chi connectivity index (χ3n) is 4.59. The molecule has 0 aromatic heterocycles. The summed E-state index contributed by atoms with van der Waals surface area (Å²) in [7, 11) is 2.21. The minimum atomic E-state index is -0.397. The lowest BCUT2D eigenvalue weighted by Gasteiger charge is -2.35. The summed E-state index contributed by atoms with van der Waals surface area (Å²) in [6.45, 7) is 13.4. The number of hydrogen-bond donors (Lipinski definition) is 0. The minimum Gasteiger partial charge on any atom is -0.444 e. The molecule has 0 aliphatic carbocycles. The van der Waals surface area contributed by atoms with Crippen LogP contribution in [-0.2, 0) is 4.74 Å². The molecule has 0 atom stereocenters. The first kappa shape index (κ1) is 17.5. The number of ether oxygens (including phenoxy) is 1. The molecular weight excluding hydrogens is 278 g/mol. The molecule has 0 aromatic rings. The van der Waals surface area contributed by atoms with Gasteiger partial charge in [-0.1, -0.05) is 0 Å². The van der Waals surface area contributed by atoms with Gasteiger partial charge in [-0.3, -0.25) is 0 Å². The molecule has 2 rings (SSSR count). The molecule has 0 radical (unpaired) electrons. The van der Waals surface area contributed by atoms with Crippen molar-refractivity contribution >= 4 is 6.09 Å². The number of nitrogens with zero attached hydrogens (tertiary/aromatic N) is 3. The molecule has 0 N–H and O–H groups in total. The van der Waals surface area contributed by atoms with E-state index in [1.54, 1.807) is 0 Å². The first-order chi connectivity index (χ1) is 10.3. The van der Waals surface area contributed by atoms with E-state index in [0.29, 0.717) is 0 Å². The Morgan fingerprint density at radius 3 is 2.36 bits per heavy atom. The van der Waals surface area contributed by atoms with Gasteiger partial charge >= 0.3 is 6.09 Å². The summed E-state index contributed by atoms with van der Waals surface area (Å²) in [6, 6.07) is 0. The second-order valence-electron chi connectivity index (χ2n) is 7.87. The molecule has 2 aliphatic heterocycles. The fraction of sp³-hybridized carbons (Fsp3) is 0.941. The van der Waals surface area contributed by atoms with Crippen LogP contribution >= 0.6 is 0 Å². The van der Waals surface area contributed by atoms with Gasteiger partial charge in [0, 0.05) is 32.7 Å². The molecule has 2 saturated heterocycles. The van der Waals surface area contributed by atoms with Gasteiger partial charge in [-0.15, -0.1) is 0 Å². The zero-order valence-electron chi connectivity index (χ0n) is 14.8. The minimum absolute atomic E-state index is 0.151. The highest BCUT2D eigenvalue weighted by Crippen LogP contribution is 2.21. The fourth-order valence-corrected chi connectivity index (χ4v) is 3.27. The average molecular weight is 311 g/mol. The molecule has 5 nitrogen and oxygen atoms in total. The molecule has 1 amide bonds.